The van der Waals surface area contributed by atoms with E-state index >= 15 is 0 Å². The summed E-state index contributed by atoms with van der Waals surface area (Å²) in [4.78, 5) is 24.9. The van der Waals surface area contributed by atoms with Crippen LogP contribution in [0.5, 0.6) is 11.5 Å². The summed E-state index contributed by atoms with van der Waals surface area (Å²) in [6, 6.07) is 5.97. The number of nitrogens with one attached hydrogen (secondary N) is 1. The first kappa shape index (κ1) is 19.9. The molecule has 0 fully saturated rings. The van der Waals surface area contributed by atoms with Gasteiger partial charge in [-0.1, -0.05) is 6.07 Å². The summed E-state index contributed by atoms with van der Waals surface area (Å²) in [5.74, 6) is 2.19. The van der Waals surface area contributed by atoms with Crippen LogP contribution in [-0.4, -0.2) is 35.6 Å². The van der Waals surface area contributed by atoms with Crippen molar-refractivity contribution < 1.29 is 9.47 Å². The summed E-state index contributed by atoms with van der Waals surface area (Å²) in [6.07, 6.45) is 4.44. The van der Waals surface area contributed by atoms with Gasteiger partial charge in [0.2, 0.25) is 0 Å². The second kappa shape index (κ2) is 8.55. The van der Waals surface area contributed by atoms with Crippen LogP contribution in [0.2, 0.25) is 0 Å². The van der Waals surface area contributed by atoms with Gasteiger partial charge in [0.25, 0.3) is 5.56 Å². The number of H-pyrrole nitrogens is 1. The molecule has 0 saturated heterocycles. The van der Waals surface area contributed by atoms with Gasteiger partial charge in [-0.25, -0.2) is 4.98 Å². The van der Waals surface area contributed by atoms with E-state index in [0.717, 1.165) is 46.5 Å². The van der Waals surface area contributed by atoms with Crippen molar-refractivity contribution in [3.05, 3.63) is 50.4 Å². The van der Waals surface area contributed by atoms with Gasteiger partial charge in [-0.2, -0.15) is 0 Å². The van der Waals surface area contributed by atoms with Gasteiger partial charge in [0.15, 0.2) is 11.5 Å². The zero-order chi connectivity index (χ0) is 20.4. The summed E-state index contributed by atoms with van der Waals surface area (Å²) in [6.45, 7) is 3.84. The van der Waals surface area contributed by atoms with E-state index < -0.39 is 0 Å². The third-order valence-electron chi connectivity index (χ3n) is 5.27. The number of hydrogen-bond donors (Lipinski definition) is 1. The Balaban J connectivity index is 1.52. The van der Waals surface area contributed by atoms with E-state index in [9.17, 15) is 4.79 Å². The summed E-state index contributed by atoms with van der Waals surface area (Å²) in [7, 11) is 3.67. The van der Waals surface area contributed by atoms with Crippen molar-refractivity contribution in [1.82, 2.24) is 14.9 Å². The molecule has 0 amide bonds. The van der Waals surface area contributed by atoms with E-state index in [2.05, 4.69) is 9.88 Å². The lowest BCUT2D eigenvalue weighted by Crippen LogP contribution is -2.22. The molecule has 0 saturated carbocycles. The highest BCUT2D eigenvalue weighted by Gasteiger charge is 2.20. The molecule has 1 aromatic carbocycles. The number of methoxy groups -OCH3 is 1. The lowest BCUT2D eigenvalue weighted by molar-refractivity contribution is 0.302. The Hall–Kier alpha value is -2.38. The van der Waals surface area contributed by atoms with Gasteiger partial charge in [0.05, 0.1) is 25.6 Å². The van der Waals surface area contributed by atoms with Crippen molar-refractivity contribution in [3.8, 4) is 11.5 Å². The maximum absolute atomic E-state index is 12.7. The van der Waals surface area contributed by atoms with Gasteiger partial charge in [-0.3, -0.25) is 9.69 Å². The number of fused-ring (bicyclic) bond motifs is 3. The van der Waals surface area contributed by atoms with E-state index in [0.29, 0.717) is 25.5 Å². The van der Waals surface area contributed by atoms with Crippen molar-refractivity contribution in [3.63, 3.8) is 0 Å². The van der Waals surface area contributed by atoms with E-state index in [1.807, 2.05) is 32.2 Å². The lowest BCUT2D eigenvalue weighted by atomic mass is 9.97. The molecule has 0 aliphatic heterocycles. The van der Waals surface area contributed by atoms with E-state index in [1.165, 1.54) is 16.9 Å². The Morgan fingerprint density at radius 3 is 2.83 bits per heavy atom. The van der Waals surface area contributed by atoms with Crippen LogP contribution in [0, 0.1) is 0 Å². The van der Waals surface area contributed by atoms with Crippen LogP contribution in [0.25, 0.3) is 10.2 Å². The zero-order valence-corrected chi connectivity index (χ0v) is 18.0. The second-order valence-corrected chi connectivity index (χ2v) is 8.58. The Bertz CT molecular complexity index is 1070. The SMILES string of the molecule is CCOc1ccc(CN(C)Cc2nc3sc4c(c3c(=O)[nH]2)CCCC4)cc1OC. The van der Waals surface area contributed by atoms with Gasteiger partial charge >= 0.3 is 0 Å². The van der Waals surface area contributed by atoms with Crippen LogP contribution in [0.1, 0.15) is 41.6 Å². The first-order chi connectivity index (χ1) is 14.1. The van der Waals surface area contributed by atoms with Crippen LogP contribution in [0.15, 0.2) is 23.0 Å². The molecule has 154 valence electrons. The summed E-state index contributed by atoms with van der Waals surface area (Å²) in [5, 5.41) is 0.812. The van der Waals surface area contributed by atoms with Gasteiger partial charge in [0.1, 0.15) is 10.7 Å². The molecule has 29 heavy (non-hydrogen) atoms. The number of rotatable bonds is 7. The molecule has 2 aromatic heterocycles. The first-order valence-corrected chi connectivity index (χ1v) is 10.9. The number of ether oxygens (including phenoxy) is 2. The van der Waals surface area contributed by atoms with Gasteiger partial charge < -0.3 is 14.5 Å². The summed E-state index contributed by atoms with van der Waals surface area (Å²) in [5.41, 5.74) is 2.34. The molecule has 0 bridgehead atoms. The quantitative estimate of drug-likeness (QED) is 0.636. The second-order valence-electron chi connectivity index (χ2n) is 7.49. The van der Waals surface area contributed by atoms with Crippen molar-refractivity contribution in [2.24, 2.45) is 0 Å². The molecule has 0 spiro atoms. The number of aromatic amines is 1. The van der Waals surface area contributed by atoms with Gasteiger partial charge in [-0.05, 0) is 62.9 Å². The Morgan fingerprint density at radius 2 is 2.03 bits per heavy atom. The highest BCUT2D eigenvalue weighted by Crippen LogP contribution is 2.33. The van der Waals surface area contributed by atoms with Crippen LogP contribution in [-0.2, 0) is 25.9 Å². The third kappa shape index (κ3) is 4.16. The lowest BCUT2D eigenvalue weighted by Gasteiger charge is -2.17. The number of aromatic nitrogens is 2. The molecule has 0 atom stereocenters. The third-order valence-corrected chi connectivity index (χ3v) is 6.46. The van der Waals surface area contributed by atoms with Crippen LogP contribution in [0.4, 0.5) is 0 Å². The molecule has 1 aliphatic rings. The van der Waals surface area contributed by atoms with E-state index in [1.54, 1.807) is 18.4 Å². The molecule has 6 nitrogen and oxygen atoms in total. The van der Waals surface area contributed by atoms with Crippen LogP contribution < -0.4 is 15.0 Å². The zero-order valence-electron chi connectivity index (χ0n) is 17.2. The molecule has 0 unspecified atom stereocenters. The predicted octanol–water partition coefficient (Wildman–Crippen LogP) is 3.90. The Labute approximate surface area is 174 Å². The predicted molar refractivity (Wildman–Crippen MR) is 116 cm³/mol. The Morgan fingerprint density at radius 1 is 1.21 bits per heavy atom. The molecule has 2 heterocycles. The number of aryl methyl sites for hydroxylation is 2. The van der Waals surface area contributed by atoms with Crippen molar-refractivity contribution in [2.45, 2.75) is 45.7 Å². The summed E-state index contributed by atoms with van der Waals surface area (Å²) < 4.78 is 11.0. The fourth-order valence-electron chi connectivity index (χ4n) is 3.99. The Kier molecular flexibility index (Phi) is 5.87. The molecule has 1 aliphatic carbocycles. The largest absolute Gasteiger partial charge is 0.493 e. The maximum atomic E-state index is 12.7. The standard InChI is InChI=1S/C22H27N3O3S/c1-4-28-16-10-9-14(11-17(16)27-3)12-25(2)13-19-23-21(26)20-15-7-5-6-8-18(15)29-22(20)24-19/h9-11H,4-8,12-13H2,1-3H3,(H,23,24,26). The van der Waals surface area contributed by atoms with Crippen LogP contribution in [0.3, 0.4) is 0 Å². The minimum absolute atomic E-state index is 0.000497. The first-order valence-electron chi connectivity index (χ1n) is 10.1. The van der Waals surface area contributed by atoms with E-state index in [-0.39, 0.29) is 5.56 Å². The average molecular weight is 414 g/mol. The van der Waals surface area contributed by atoms with Gasteiger partial charge in [-0.15, -0.1) is 11.3 Å². The van der Waals surface area contributed by atoms with Gasteiger partial charge in [0, 0.05) is 11.4 Å². The fourth-order valence-corrected chi connectivity index (χ4v) is 5.27. The minimum Gasteiger partial charge on any atom is -0.493 e. The van der Waals surface area contributed by atoms with E-state index in [4.69, 9.17) is 14.5 Å². The number of hydrogen-bond acceptors (Lipinski definition) is 6. The molecular formula is C22H27N3O3S. The maximum Gasteiger partial charge on any atom is 0.259 e. The van der Waals surface area contributed by atoms with Crippen molar-refractivity contribution in [2.75, 3.05) is 20.8 Å². The normalized spacial score (nSPS) is 13.7. The number of nitrogens with zero attached hydrogens (tertiary/aromatic N) is 2. The number of benzene rings is 1. The fraction of sp³-hybridized carbons (Fsp3) is 0.455. The molecular weight excluding hydrogens is 386 g/mol. The topological polar surface area (TPSA) is 67.5 Å². The highest BCUT2D eigenvalue weighted by atomic mass is 32.1. The average Bonchev–Trinajstić information content (AvgIpc) is 3.08. The smallest absolute Gasteiger partial charge is 0.259 e. The molecule has 3 aromatic rings. The molecule has 7 heteroatoms. The molecule has 1 N–H and O–H groups in total. The molecule has 4 rings (SSSR count). The monoisotopic (exact) mass is 413 g/mol. The highest BCUT2D eigenvalue weighted by molar-refractivity contribution is 7.18. The molecule has 0 radical (unpaired) electrons. The summed E-state index contributed by atoms with van der Waals surface area (Å²) >= 11 is 1.69. The minimum atomic E-state index is 0.000497. The van der Waals surface area contributed by atoms with Crippen molar-refractivity contribution in [1.29, 1.82) is 0 Å². The van der Waals surface area contributed by atoms with Crippen LogP contribution >= 0.6 is 11.3 Å². The van der Waals surface area contributed by atoms with Crippen molar-refractivity contribution >= 4 is 21.6 Å². The number of thiophene rings is 1.